The summed E-state index contributed by atoms with van der Waals surface area (Å²) in [4.78, 5) is 11.8. The lowest BCUT2D eigenvalue weighted by atomic mass is 9.93. The van der Waals surface area contributed by atoms with Gasteiger partial charge in [-0.15, -0.1) is 0 Å². The van der Waals surface area contributed by atoms with E-state index in [1.165, 1.54) is 12.8 Å². The summed E-state index contributed by atoms with van der Waals surface area (Å²) >= 11 is 0. The Bertz CT molecular complexity index is 235. The second-order valence-corrected chi connectivity index (χ2v) is 4.92. The Labute approximate surface area is 86.6 Å². The van der Waals surface area contributed by atoms with E-state index in [-0.39, 0.29) is 11.3 Å². The molecule has 0 aromatic heterocycles. The summed E-state index contributed by atoms with van der Waals surface area (Å²) in [5.74, 6) is 0.249. The number of allylic oxidation sites excluding steroid dienone is 2. The maximum Gasteiger partial charge on any atom is 0.160 e. The molecule has 0 aromatic carbocycles. The van der Waals surface area contributed by atoms with Crippen LogP contribution in [0, 0.1) is 0 Å². The van der Waals surface area contributed by atoms with Gasteiger partial charge in [0, 0.05) is 12.0 Å². The summed E-state index contributed by atoms with van der Waals surface area (Å²) in [7, 11) is 0. The van der Waals surface area contributed by atoms with Crippen molar-refractivity contribution in [2.45, 2.75) is 57.9 Å². The van der Waals surface area contributed by atoms with Crippen LogP contribution >= 0.6 is 0 Å². The van der Waals surface area contributed by atoms with Crippen LogP contribution in [0.25, 0.3) is 0 Å². The topological polar surface area (TPSA) is 43.1 Å². The molecule has 1 rings (SSSR count). The monoisotopic (exact) mass is 195 g/mol. The van der Waals surface area contributed by atoms with E-state index in [2.05, 4.69) is 6.08 Å². The molecule has 2 N–H and O–H groups in total. The highest BCUT2D eigenvalue weighted by Gasteiger charge is 2.19. The first-order valence-corrected chi connectivity index (χ1v) is 5.50. The summed E-state index contributed by atoms with van der Waals surface area (Å²) < 4.78 is 0. The van der Waals surface area contributed by atoms with Crippen molar-refractivity contribution in [1.29, 1.82) is 0 Å². The molecule has 14 heavy (non-hydrogen) atoms. The smallest absolute Gasteiger partial charge is 0.160 e. The SMILES string of the molecule is CC(C)(N)CC(=O)C1=CCCCCC1. The number of rotatable bonds is 3. The largest absolute Gasteiger partial charge is 0.325 e. The van der Waals surface area contributed by atoms with Gasteiger partial charge < -0.3 is 5.73 Å². The maximum absolute atomic E-state index is 11.8. The number of hydrogen-bond donors (Lipinski definition) is 1. The van der Waals surface area contributed by atoms with Gasteiger partial charge in [-0.3, -0.25) is 4.79 Å². The quantitative estimate of drug-likeness (QED) is 0.752. The van der Waals surface area contributed by atoms with Crippen molar-refractivity contribution in [2.75, 3.05) is 0 Å². The minimum Gasteiger partial charge on any atom is -0.325 e. The molecule has 1 aliphatic rings. The molecule has 0 atom stereocenters. The summed E-state index contributed by atoms with van der Waals surface area (Å²) in [6, 6.07) is 0. The van der Waals surface area contributed by atoms with Crippen LogP contribution in [-0.4, -0.2) is 11.3 Å². The summed E-state index contributed by atoms with van der Waals surface area (Å²) in [5.41, 5.74) is 6.48. The number of Topliss-reactive ketones (excluding diaryl/α,β-unsaturated/α-hetero) is 1. The first-order valence-electron chi connectivity index (χ1n) is 5.50. The second-order valence-electron chi connectivity index (χ2n) is 4.92. The van der Waals surface area contributed by atoms with E-state index in [1.54, 1.807) is 0 Å². The van der Waals surface area contributed by atoms with Gasteiger partial charge in [0.2, 0.25) is 0 Å². The van der Waals surface area contributed by atoms with Crippen LogP contribution in [-0.2, 0) is 4.79 Å². The van der Waals surface area contributed by atoms with Crippen LogP contribution in [0.3, 0.4) is 0 Å². The Balaban J connectivity index is 2.54. The Morgan fingerprint density at radius 3 is 2.79 bits per heavy atom. The summed E-state index contributed by atoms with van der Waals surface area (Å²) in [6.07, 6.45) is 8.23. The third-order valence-electron chi connectivity index (χ3n) is 2.52. The number of hydrogen-bond acceptors (Lipinski definition) is 2. The highest BCUT2D eigenvalue weighted by atomic mass is 16.1. The molecule has 0 saturated heterocycles. The van der Waals surface area contributed by atoms with E-state index >= 15 is 0 Å². The molecule has 0 aromatic rings. The van der Waals surface area contributed by atoms with E-state index in [9.17, 15) is 4.79 Å². The molecular formula is C12H21NO. The highest BCUT2D eigenvalue weighted by Crippen LogP contribution is 2.20. The lowest BCUT2D eigenvalue weighted by Gasteiger charge is -2.17. The molecule has 0 radical (unpaired) electrons. The van der Waals surface area contributed by atoms with Crippen molar-refractivity contribution in [3.8, 4) is 0 Å². The molecule has 0 bridgehead atoms. The predicted molar refractivity (Wildman–Crippen MR) is 59.1 cm³/mol. The number of carbonyl (C=O) groups excluding carboxylic acids is 1. The van der Waals surface area contributed by atoms with Crippen molar-refractivity contribution in [3.05, 3.63) is 11.6 Å². The Morgan fingerprint density at radius 1 is 1.43 bits per heavy atom. The lowest BCUT2D eigenvalue weighted by molar-refractivity contribution is -0.116. The molecule has 0 amide bonds. The van der Waals surface area contributed by atoms with Crippen molar-refractivity contribution in [2.24, 2.45) is 5.73 Å². The molecule has 2 heteroatoms. The second kappa shape index (κ2) is 4.74. The first kappa shape index (κ1) is 11.4. The minimum atomic E-state index is -0.371. The van der Waals surface area contributed by atoms with Crippen LogP contribution in [0.1, 0.15) is 52.4 Å². The molecule has 0 fully saturated rings. The molecule has 0 saturated carbocycles. The summed E-state index contributed by atoms with van der Waals surface area (Å²) in [6.45, 7) is 3.81. The zero-order valence-corrected chi connectivity index (χ0v) is 9.31. The molecule has 2 nitrogen and oxygen atoms in total. The lowest BCUT2D eigenvalue weighted by Crippen LogP contribution is -2.35. The van der Waals surface area contributed by atoms with Gasteiger partial charge in [0.15, 0.2) is 5.78 Å². The number of ketones is 1. The van der Waals surface area contributed by atoms with Gasteiger partial charge in [-0.1, -0.05) is 12.5 Å². The van der Waals surface area contributed by atoms with Crippen LogP contribution in [0.4, 0.5) is 0 Å². The van der Waals surface area contributed by atoms with Gasteiger partial charge in [-0.2, -0.15) is 0 Å². The fraction of sp³-hybridized carbons (Fsp3) is 0.750. The number of nitrogens with two attached hydrogens (primary N) is 1. The zero-order valence-electron chi connectivity index (χ0n) is 9.31. The molecule has 80 valence electrons. The van der Waals surface area contributed by atoms with Crippen molar-refractivity contribution < 1.29 is 4.79 Å². The van der Waals surface area contributed by atoms with E-state index < -0.39 is 0 Å². The van der Waals surface area contributed by atoms with E-state index in [0.29, 0.717) is 6.42 Å². The van der Waals surface area contributed by atoms with Crippen LogP contribution in [0.5, 0.6) is 0 Å². The van der Waals surface area contributed by atoms with Gasteiger partial charge >= 0.3 is 0 Å². The van der Waals surface area contributed by atoms with Gasteiger partial charge in [-0.25, -0.2) is 0 Å². The van der Waals surface area contributed by atoms with Crippen molar-refractivity contribution in [3.63, 3.8) is 0 Å². The normalized spacial score (nSPS) is 18.6. The Kier molecular flexibility index (Phi) is 3.87. The third-order valence-corrected chi connectivity index (χ3v) is 2.52. The molecule has 0 heterocycles. The molecule has 0 spiro atoms. The molecule has 0 unspecified atom stereocenters. The first-order chi connectivity index (χ1) is 6.49. The summed E-state index contributed by atoms with van der Waals surface area (Å²) in [5, 5.41) is 0. The Morgan fingerprint density at radius 2 is 2.14 bits per heavy atom. The van der Waals surface area contributed by atoms with Crippen molar-refractivity contribution >= 4 is 5.78 Å². The average molecular weight is 195 g/mol. The van der Waals surface area contributed by atoms with Gasteiger partial charge in [-0.05, 0) is 45.1 Å². The van der Waals surface area contributed by atoms with Crippen molar-refractivity contribution in [1.82, 2.24) is 0 Å². The van der Waals surface area contributed by atoms with Gasteiger partial charge in [0.05, 0.1) is 0 Å². The van der Waals surface area contributed by atoms with Gasteiger partial charge in [0.1, 0.15) is 0 Å². The van der Waals surface area contributed by atoms with Crippen LogP contribution < -0.4 is 5.73 Å². The van der Waals surface area contributed by atoms with E-state index in [0.717, 1.165) is 24.8 Å². The molecule has 0 aliphatic heterocycles. The molecule has 1 aliphatic carbocycles. The van der Waals surface area contributed by atoms with Crippen LogP contribution in [0.2, 0.25) is 0 Å². The average Bonchev–Trinajstić information content (AvgIpc) is 2.27. The van der Waals surface area contributed by atoms with E-state index in [1.807, 2.05) is 13.8 Å². The minimum absolute atomic E-state index is 0.249. The fourth-order valence-corrected chi connectivity index (χ4v) is 1.80. The third kappa shape index (κ3) is 4.05. The zero-order chi connectivity index (χ0) is 10.6. The van der Waals surface area contributed by atoms with Gasteiger partial charge in [0.25, 0.3) is 0 Å². The number of carbonyl (C=O) groups is 1. The van der Waals surface area contributed by atoms with E-state index in [4.69, 9.17) is 5.73 Å². The maximum atomic E-state index is 11.8. The molecular weight excluding hydrogens is 174 g/mol. The highest BCUT2D eigenvalue weighted by molar-refractivity contribution is 5.95. The predicted octanol–water partition coefficient (Wildman–Crippen LogP) is 2.57. The Hall–Kier alpha value is -0.630. The fourth-order valence-electron chi connectivity index (χ4n) is 1.80. The van der Waals surface area contributed by atoms with Crippen LogP contribution in [0.15, 0.2) is 11.6 Å². The standard InChI is InChI=1S/C12H21NO/c1-12(2,13)9-11(14)10-7-5-3-4-6-8-10/h7H,3-6,8-9,13H2,1-2H3.